The average molecular weight is 239 g/mol. The van der Waals surface area contributed by atoms with Crippen molar-refractivity contribution in [1.29, 1.82) is 0 Å². The number of rotatable bonds is 5. The van der Waals surface area contributed by atoms with Crippen molar-refractivity contribution in [3.8, 4) is 23.0 Å². The summed E-state index contributed by atoms with van der Waals surface area (Å²) in [4.78, 5) is 0. The Labute approximate surface area is 101 Å². The second kappa shape index (κ2) is 5.14. The SMILES string of the molecule is COc1ccc(OC2CNC2)c(OC)c1OC. The predicted molar refractivity (Wildman–Crippen MR) is 63.4 cm³/mol. The van der Waals surface area contributed by atoms with E-state index in [-0.39, 0.29) is 6.10 Å². The molecule has 0 bridgehead atoms. The molecule has 1 aliphatic heterocycles. The Hall–Kier alpha value is -1.62. The number of methoxy groups -OCH3 is 3. The standard InChI is InChI=1S/C12H17NO4/c1-14-9-4-5-10(17-8-6-13-7-8)12(16-3)11(9)15-2/h4-5,8,13H,6-7H2,1-3H3. The lowest BCUT2D eigenvalue weighted by Crippen LogP contribution is -2.50. The Kier molecular flexibility index (Phi) is 3.58. The predicted octanol–water partition coefficient (Wildman–Crippen LogP) is 1.06. The van der Waals surface area contributed by atoms with Crippen molar-refractivity contribution in [3.63, 3.8) is 0 Å². The second-order valence-corrected chi connectivity index (χ2v) is 3.73. The summed E-state index contributed by atoms with van der Waals surface area (Å²) in [5.74, 6) is 2.43. The van der Waals surface area contributed by atoms with Gasteiger partial charge in [0.25, 0.3) is 0 Å². The van der Waals surface area contributed by atoms with E-state index >= 15 is 0 Å². The van der Waals surface area contributed by atoms with Gasteiger partial charge in [0.2, 0.25) is 11.5 Å². The molecule has 1 aliphatic rings. The van der Waals surface area contributed by atoms with E-state index in [1.165, 1.54) is 0 Å². The number of hydrogen-bond acceptors (Lipinski definition) is 5. The Balaban J connectivity index is 2.30. The molecule has 0 atom stereocenters. The van der Waals surface area contributed by atoms with Gasteiger partial charge in [-0.1, -0.05) is 0 Å². The zero-order chi connectivity index (χ0) is 12.3. The van der Waals surface area contributed by atoms with Crippen molar-refractivity contribution in [2.75, 3.05) is 34.4 Å². The highest BCUT2D eigenvalue weighted by Crippen LogP contribution is 2.44. The van der Waals surface area contributed by atoms with E-state index < -0.39 is 0 Å². The van der Waals surface area contributed by atoms with Gasteiger partial charge in [0.05, 0.1) is 21.3 Å². The van der Waals surface area contributed by atoms with Gasteiger partial charge in [0, 0.05) is 13.1 Å². The van der Waals surface area contributed by atoms with Crippen LogP contribution in [-0.4, -0.2) is 40.5 Å². The third kappa shape index (κ3) is 2.24. The Morgan fingerprint density at radius 3 is 2.00 bits per heavy atom. The van der Waals surface area contributed by atoms with Crippen LogP contribution in [0.1, 0.15) is 0 Å². The van der Waals surface area contributed by atoms with Crippen LogP contribution in [0.15, 0.2) is 12.1 Å². The van der Waals surface area contributed by atoms with Gasteiger partial charge in [-0.2, -0.15) is 0 Å². The van der Waals surface area contributed by atoms with Crippen LogP contribution >= 0.6 is 0 Å². The molecule has 0 amide bonds. The van der Waals surface area contributed by atoms with E-state index in [1.54, 1.807) is 21.3 Å². The number of ether oxygens (including phenoxy) is 4. The summed E-state index contributed by atoms with van der Waals surface area (Å²) in [6.45, 7) is 1.72. The molecule has 0 spiro atoms. The van der Waals surface area contributed by atoms with E-state index in [2.05, 4.69) is 5.32 Å². The monoisotopic (exact) mass is 239 g/mol. The topological polar surface area (TPSA) is 49.0 Å². The van der Waals surface area contributed by atoms with Gasteiger partial charge < -0.3 is 24.3 Å². The van der Waals surface area contributed by atoms with Crippen LogP contribution in [0.5, 0.6) is 23.0 Å². The maximum Gasteiger partial charge on any atom is 0.207 e. The molecule has 1 aromatic carbocycles. The minimum Gasteiger partial charge on any atom is -0.493 e. The summed E-state index contributed by atoms with van der Waals surface area (Å²) >= 11 is 0. The van der Waals surface area contributed by atoms with E-state index in [0.29, 0.717) is 23.0 Å². The lowest BCUT2D eigenvalue weighted by Gasteiger charge is -2.28. The Morgan fingerprint density at radius 1 is 0.941 bits per heavy atom. The molecule has 17 heavy (non-hydrogen) atoms. The van der Waals surface area contributed by atoms with Crippen molar-refractivity contribution >= 4 is 0 Å². The smallest absolute Gasteiger partial charge is 0.207 e. The van der Waals surface area contributed by atoms with Crippen LogP contribution in [0.4, 0.5) is 0 Å². The highest BCUT2D eigenvalue weighted by Gasteiger charge is 2.23. The largest absolute Gasteiger partial charge is 0.493 e. The average Bonchev–Trinajstić information content (AvgIpc) is 2.32. The summed E-state index contributed by atoms with van der Waals surface area (Å²) in [6.07, 6.45) is 0.196. The van der Waals surface area contributed by atoms with Crippen molar-refractivity contribution in [1.82, 2.24) is 5.32 Å². The van der Waals surface area contributed by atoms with Crippen LogP contribution in [0.3, 0.4) is 0 Å². The van der Waals surface area contributed by atoms with E-state index in [9.17, 15) is 0 Å². The van der Waals surface area contributed by atoms with Crippen LogP contribution < -0.4 is 24.3 Å². The molecule has 2 rings (SSSR count). The zero-order valence-electron chi connectivity index (χ0n) is 10.3. The summed E-state index contributed by atoms with van der Waals surface area (Å²) in [7, 11) is 4.76. The quantitative estimate of drug-likeness (QED) is 0.832. The van der Waals surface area contributed by atoms with Gasteiger partial charge in [-0.05, 0) is 12.1 Å². The molecule has 0 saturated carbocycles. The number of benzene rings is 1. The molecule has 0 aliphatic carbocycles. The first-order chi connectivity index (χ1) is 8.30. The molecule has 1 aromatic rings. The number of nitrogens with one attached hydrogen (secondary N) is 1. The van der Waals surface area contributed by atoms with Gasteiger partial charge in [0.15, 0.2) is 11.5 Å². The second-order valence-electron chi connectivity index (χ2n) is 3.73. The van der Waals surface area contributed by atoms with E-state index in [4.69, 9.17) is 18.9 Å². The third-order valence-corrected chi connectivity index (χ3v) is 2.71. The molecule has 0 unspecified atom stereocenters. The molecule has 1 saturated heterocycles. The molecule has 0 aromatic heterocycles. The zero-order valence-corrected chi connectivity index (χ0v) is 10.3. The van der Waals surface area contributed by atoms with Crippen LogP contribution in [-0.2, 0) is 0 Å². The van der Waals surface area contributed by atoms with E-state index in [0.717, 1.165) is 13.1 Å². The molecule has 1 heterocycles. The van der Waals surface area contributed by atoms with Gasteiger partial charge in [-0.15, -0.1) is 0 Å². The Morgan fingerprint density at radius 2 is 1.53 bits per heavy atom. The first kappa shape index (κ1) is 11.9. The lowest BCUT2D eigenvalue weighted by molar-refractivity contribution is 0.136. The Bertz CT molecular complexity index is 390. The van der Waals surface area contributed by atoms with Gasteiger partial charge in [-0.25, -0.2) is 0 Å². The molecule has 5 heteroatoms. The molecule has 1 N–H and O–H groups in total. The summed E-state index contributed by atoms with van der Waals surface area (Å²) in [5.41, 5.74) is 0. The lowest BCUT2D eigenvalue weighted by atomic mass is 10.2. The number of hydrogen-bond donors (Lipinski definition) is 1. The van der Waals surface area contributed by atoms with Crippen LogP contribution in [0.25, 0.3) is 0 Å². The fraction of sp³-hybridized carbons (Fsp3) is 0.500. The molecular formula is C12H17NO4. The normalized spacial score (nSPS) is 15.0. The van der Waals surface area contributed by atoms with Crippen LogP contribution in [0, 0.1) is 0 Å². The maximum absolute atomic E-state index is 5.79. The van der Waals surface area contributed by atoms with Crippen LogP contribution in [0.2, 0.25) is 0 Å². The minimum atomic E-state index is 0.196. The molecule has 1 fully saturated rings. The molecular weight excluding hydrogens is 222 g/mol. The van der Waals surface area contributed by atoms with Crippen molar-refractivity contribution in [2.45, 2.75) is 6.10 Å². The first-order valence-electron chi connectivity index (χ1n) is 5.46. The summed E-state index contributed by atoms with van der Waals surface area (Å²) in [6, 6.07) is 3.64. The first-order valence-corrected chi connectivity index (χ1v) is 5.46. The molecule has 5 nitrogen and oxygen atoms in total. The fourth-order valence-electron chi connectivity index (χ4n) is 1.69. The summed E-state index contributed by atoms with van der Waals surface area (Å²) < 4.78 is 21.6. The fourth-order valence-corrected chi connectivity index (χ4v) is 1.69. The van der Waals surface area contributed by atoms with Gasteiger partial charge in [0.1, 0.15) is 6.10 Å². The highest BCUT2D eigenvalue weighted by atomic mass is 16.5. The summed E-state index contributed by atoms with van der Waals surface area (Å²) in [5, 5.41) is 3.15. The van der Waals surface area contributed by atoms with E-state index in [1.807, 2.05) is 12.1 Å². The molecule has 94 valence electrons. The van der Waals surface area contributed by atoms with Gasteiger partial charge >= 0.3 is 0 Å². The molecule has 0 radical (unpaired) electrons. The minimum absolute atomic E-state index is 0.196. The van der Waals surface area contributed by atoms with Crippen molar-refractivity contribution in [2.24, 2.45) is 0 Å². The van der Waals surface area contributed by atoms with Crippen molar-refractivity contribution < 1.29 is 18.9 Å². The third-order valence-electron chi connectivity index (χ3n) is 2.71. The van der Waals surface area contributed by atoms with Gasteiger partial charge in [-0.3, -0.25) is 0 Å². The maximum atomic E-state index is 5.79. The van der Waals surface area contributed by atoms with Crippen molar-refractivity contribution in [3.05, 3.63) is 12.1 Å². The highest BCUT2D eigenvalue weighted by molar-refractivity contribution is 5.59.